The molecule has 3 aromatic rings. The van der Waals surface area contributed by atoms with E-state index >= 15 is 0 Å². The Balaban J connectivity index is 1.58. The number of ketones is 1. The van der Waals surface area contributed by atoms with E-state index in [1.807, 2.05) is 55.7 Å². The zero-order valence-electron chi connectivity index (χ0n) is 17.3. The maximum absolute atomic E-state index is 12.2. The van der Waals surface area contributed by atoms with E-state index in [9.17, 15) is 4.79 Å². The second kappa shape index (κ2) is 10.3. The minimum atomic E-state index is 0.0997. The van der Waals surface area contributed by atoms with Crippen LogP contribution in [0.15, 0.2) is 41.8 Å². The number of thiazole rings is 1. The van der Waals surface area contributed by atoms with Crippen LogP contribution in [0, 0.1) is 5.41 Å². The molecule has 0 aliphatic heterocycles. The molecule has 3 rings (SSSR count). The van der Waals surface area contributed by atoms with Crippen LogP contribution in [0.25, 0.3) is 10.6 Å². The van der Waals surface area contributed by atoms with Gasteiger partial charge < -0.3 is 9.80 Å². The lowest BCUT2D eigenvalue weighted by Crippen LogP contribution is -2.33. The van der Waals surface area contributed by atoms with Gasteiger partial charge in [-0.25, -0.2) is 4.98 Å². The monoisotopic (exact) mass is 460 g/mol. The first-order valence-electron chi connectivity index (χ1n) is 9.61. The molecule has 0 unspecified atom stereocenters. The third-order valence-corrected chi connectivity index (χ3v) is 6.89. The van der Waals surface area contributed by atoms with E-state index in [0.717, 1.165) is 34.9 Å². The van der Waals surface area contributed by atoms with Crippen molar-refractivity contribution in [1.29, 1.82) is 5.41 Å². The number of aryl methyl sites for hydroxylation is 1. The van der Waals surface area contributed by atoms with Crippen LogP contribution in [-0.4, -0.2) is 60.6 Å². The van der Waals surface area contributed by atoms with E-state index in [2.05, 4.69) is 9.88 Å². The van der Waals surface area contributed by atoms with E-state index in [1.54, 1.807) is 23.5 Å². The predicted molar refractivity (Wildman–Crippen MR) is 128 cm³/mol. The largest absolute Gasteiger partial charge is 0.358 e. The van der Waals surface area contributed by atoms with E-state index < -0.39 is 0 Å². The third-order valence-electron chi connectivity index (χ3n) is 4.68. The molecule has 0 bridgehead atoms. The van der Waals surface area contributed by atoms with Crippen LogP contribution in [0.3, 0.4) is 0 Å². The van der Waals surface area contributed by atoms with E-state index in [0.29, 0.717) is 27.9 Å². The standard InChI is InChI=1S/C22H25ClN4OS2/c1-26(2)12-13-27(3)21(24)15-4-6-16(7-5-15)22-25-17(14-29-22)8-9-18(28)19-10-11-20(23)30-19/h4-7,10-11,14,24H,8-9,12-13H2,1-3H3. The highest BCUT2D eigenvalue weighted by Gasteiger charge is 2.12. The number of likely N-dealkylation sites (N-methyl/N-ethyl adjacent to an activating group) is 2. The number of hydrogen-bond acceptors (Lipinski definition) is 6. The molecule has 30 heavy (non-hydrogen) atoms. The summed E-state index contributed by atoms with van der Waals surface area (Å²) in [6, 6.07) is 11.5. The van der Waals surface area contributed by atoms with Crippen molar-refractivity contribution in [2.24, 2.45) is 0 Å². The molecule has 0 aliphatic rings. The lowest BCUT2D eigenvalue weighted by atomic mass is 10.1. The molecule has 0 atom stereocenters. The summed E-state index contributed by atoms with van der Waals surface area (Å²) in [6.07, 6.45) is 1.04. The van der Waals surface area contributed by atoms with Crippen molar-refractivity contribution >= 4 is 45.9 Å². The summed E-state index contributed by atoms with van der Waals surface area (Å²) in [5, 5.41) is 11.3. The Hall–Kier alpha value is -2.06. The minimum absolute atomic E-state index is 0.0997. The first-order valence-corrected chi connectivity index (χ1v) is 11.7. The van der Waals surface area contributed by atoms with Crippen LogP contribution in [-0.2, 0) is 6.42 Å². The number of nitrogens with zero attached hydrogens (tertiary/aromatic N) is 3. The fourth-order valence-electron chi connectivity index (χ4n) is 2.84. The third kappa shape index (κ3) is 5.98. The van der Waals surface area contributed by atoms with Gasteiger partial charge >= 0.3 is 0 Å². The van der Waals surface area contributed by atoms with E-state index in [4.69, 9.17) is 17.0 Å². The molecule has 0 spiro atoms. The average molecular weight is 461 g/mol. The number of hydrogen-bond donors (Lipinski definition) is 1. The van der Waals surface area contributed by atoms with Crippen LogP contribution in [0.4, 0.5) is 0 Å². The van der Waals surface area contributed by atoms with Crippen LogP contribution in [0.1, 0.15) is 27.3 Å². The van der Waals surface area contributed by atoms with Crippen molar-refractivity contribution in [1.82, 2.24) is 14.8 Å². The molecule has 2 heterocycles. The fraction of sp³-hybridized carbons (Fsp3) is 0.318. The molecule has 0 saturated heterocycles. The molecular weight excluding hydrogens is 436 g/mol. The number of carbonyl (C=O) groups is 1. The molecule has 5 nitrogen and oxygen atoms in total. The van der Waals surface area contributed by atoms with E-state index in [1.165, 1.54) is 11.3 Å². The highest BCUT2D eigenvalue weighted by molar-refractivity contribution is 7.18. The summed E-state index contributed by atoms with van der Waals surface area (Å²) in [6.45, 7) is 1.71. The number of halogens is 1. The first kappa shape index (κ1) is 22.6. The summed E-state index contributed by atoms with van der Waals surface area (Å²) in [7, 11) is 6.00. The summed E-state index contributed by atoms with van der Waals surface area (Å²) >= 11 is 8.80. The molecule has 8 heteroatoms. The van der Waals surface area contributed by atoms with Crippen LogP contribution < -0.4 is 0 Å². The zero-order valence-corrected chi connectivity index (χ0v) is 19.7. The Labute approximate surface area is 190 Å². The SMILES string of the molecule is CN(C)CCN(C)C(=N)c1ccc(-c2nc(CCC(=O)c3ccc(Cl)s3)cs2)cc1. The molecule has 0 saturated carbocycles. The Bertz CT molecular complexity index is 1010. The maximum atomic E-state index is 12.2. The Morgan fingerprint density at radius 2 is 1.83 bits per heavy atom. The van der Waals surface area contributed by atoms with Crippen molar-refractivity contribution in [3.05, 3.63) is 62.2 Å². The normalized spacial score (nSPS) is 11.1. The Morgan fingerprint density at radius 1 is 1.10 bits per heavy atom. The molecular formula is C22H25ClN4OS2. The van der Waals surface area contributed by atoms with Crippen molar-refractivity contribution in [2.75, 3.05) is 34.2 Å². The second-order valence-electron chi connectivity index (χ2n) is 7.32. The van der Waals surface area contributed by atoms with Gasteiger partial charge in [0.2, 0.25) is 0 Å². The molecule has 0 radical (unpaired) electrons. The fourth-order valence-corrected chi connectivity index (χ4v) is 4.71. The molecule has 158 valence electrons. The van der Waals surface area contributed by atoms with Gasteiger partial charge in [0, 0.05) is 43.1 Å². The molecule has 0 amide bonds. The molecule has 1 N–H and O–H groups in total. The smallest absolute Gasteiger partial charge is 0.173 e. The van der Waals surface area contributed by atoms with Crippen LogP contribution in [0.2, 0.25) is 4.34 Å². The quantitative estimate of drug-likeness (QED) is 0.272. The molecule has 1 aromatic carbocycles. The second-order valence-corrected chi connectivity index (χ2v) is 9.89. The average Bonchev–Trinajstić information content (AvgIpc) is 3.39. The Morgan fingerprint density at radius 3 is 2.47 bits per heavy atom. The van der Waals surface area contributed by atoms with E-state index in [-0.39, 0.29) is 5.78 Å². The van der Waals surface area contributed by atoms with Gasteiger partial charge in [0.05, 0.1) is 14.9 Å². The zero-order chi connectivity index (χ0) is 21.7. The number of thiophene rings is 1. The Kier molecular flexibility index (Phi) is 7.77. The van der Waals surface area contributed by atoms with Gasteiger partial charge in [-0.05, 0) is 32.6 Å². The number of aromatic nitrogens is 1. The van der Waals surface area contributed by atoms with Crippen molar-refractivity contribution in [3.63, 3.8) is 0 Å². The van der Waals surface area contributed by atoms with Gasteiger partial charge in [-0.1, -0.05) is 35.9 Å². The maximum Gasteiger partial charge on any atom is 0.173 e. The van der Waals surface area contributed by atoms with Crippen LogP contribution >= 0.6 is 34.3 Å². The van der Waals surface area contributed by atoms with Gasteiger partial charge in [-0.3, -0.25) is 10.2 Å². The van der Waals surface area contributed by atoms with Crippen molar-refractivity contribution < 1.29 is 4.79 Å². The van der Waals surface area contributed by atoms with Crippen molar-refractivity contribution in [3.8, 4) is 10.6 Å². The number of rotatable bonds is 9. The number of amidine groups is 1. The summed E-state index contributed by atoms with van der Waals surface area (Å²) in [4.78, 5) is 21.7. The lowest BCUT2D eigenvalue weighted by Gasteiger charge is -2.22. The summed E-state index contributed by atoms with van der Waals surface area (Å²) in [5.74, 6) is 0.609. The lowest BCUT2D eigenvalue weighted by molar-refractivity contribution is 0.0986. The van der Waals surface area contributed by atoms with Gasteiger partial charge in [-0.2, -0.15) is 0 Å². The number of benzene rings is 1. The first-order chi connectivity index (χ1) is 14.3. The molecule has 0 aliphatic carbocycles. The summed E-state index contributed by atoms with van der Waals surface area (Å²) < 4.78 is 0.634. The van der Waals surface area contributed by atoms with Gasteiger partial charge in [0.25, 0.3) is 0 Å². The number of carbonyl (C=O) groups excluding carboxylic acids is 1. The molecule has 2 aromatic heterocycles. The van der Waals surface area contributed by atoms with Gasteiger partial charge in [-0.15, -0.1) is 22.7 Å². The van der Waals surface area contributed by atoms with Gasteiger partial charge in [0.15, 0.2) is 5.78 Å². The number of nitrogens with one attached hydrogen (secondary N) is 1. The van der Waals surface area contributed by atoms with Crippen LogP contribution in [0.5, 0.6) is 0 Å². The predicted octanol–water partition coefficient (Wildman–Crippen LogP) is 5.16. The topological polar surface area (TPSA) is 60.3 Å². The van der Waals surface area contributed by atoms with Gasteiger partial charge in [0.1, 0.15) is 10.8 Å². The highest BCUT2D eigenvalue weighted by Crippen LogP contribution is 2.26. The molecule has 0 fully saturated rings. The highest BCUT2D eigenvalue weighted by atomic mass is 35.5. The number of Topliss-reactive ketones (excluding diaryl/α,β-unsaturated/α-hetero) is 1. The van der Waals surface area contributed by atoms with Crippen molar-refractivity contribution in [2.45, 2.75) is 12.8 Å². The minimum Gasteiger partial charge on any atom is -0.358 e. The summed E-state index contributed by atoms with van der Waals surface area (Å²) in [5.41, 5.74) is 2.83.